The van der Waals surface area contributed by atoms with Gasteiger partial charge in [-0.1, -0.05) is 6.07 Å². The molecule has 3 rings (SSSR count). The molecule has 106 valence electrons. The third-order valence-corrected chi connectivity index (χ3v) is 3.28. The third kappa shape index (κ3) is 2.65. The highest BCUT2D eigenvalue weighted by molar-refractivity contribution is 5.44. The van der Waals surface area contributed by atoms with E-state index in [1.165, 1.54) is 30.3 Å². The molecule has 0 fully saturated rings. The van der Waals surface area contributed by atoms with Gasteiger partial charge in [-0.25, -0.2) is 8.78 Å². The largest absolute Gasteiger partial charge is 0.488 e. The van der Waals surface area contributed by atoms with E-state index in [2.05, 4.69) is 0 Å². The predicted octanol–water partition coefficient (Wildman–Crippen LogP) is 3.22. The lowest BCUT2D eigenvalue weighted by Crippen LogP contribution is -2.22. The molecule has 1 aliphatic heterocycles. The second kappa shape index (κ2) is 5.41. The Hall–Kier alpha value is -2.61. The molecule has 0 radical (unpaired) electrons. The molecule has 1 heterocycles. The minimum Gasteiger partial charge on any atom is -0.488 e. The van der Waals surface area contributed by atoms with E-state index < -0.39 is 5.82 Å². The summed E-state index contributed by atoms with van der Waals surface area (Å²) in [6.45, 7) is 0.161. The predicted molar refractivity (Wildman–Crippen MR) is 71.1 cm³/mol. The molecule has 3 nitrogen and oxygen atoms in total. The van der Waals surface area contributed by atoms with Crippen LogP contribution >= 0.6 is 0 Å². The molecule has 0 bridgehead atoms. The van der Waals surface area contributed by atoms with Gasteiger partial charge in [0.2, 0.25) is 0 Å². The molecule has 0 saturated heterocycles. The minimum absolute atomic E-state index is 0.126. The number of rotatable bonds is 3. The molecule has 1 aliphatic rings. The molecule has 0 saturated carbocycles. The molecule has 1 unspecified atom stereocenters. The highest BCUT2D eigenvalue weighted by Crippen LogP contribution is 2.30. The first-order valence-electron chi connectivity index (χ1n) is 6.44. The summed E-state index contributed by atoms with van der Waals surface area (Å²) in [4.78, 5) is 0. The average molecular weight is 287 g/mol. The summed E-state index contributed by atoms with van der Waals surface area (Å²) in [6.07, 6.45) is 0.237. The van der Waals surface area contributed by atoms with Gasteiger partial charge in [0, 0.05) is 12.0 Å². The van der Waals surface area contributed by atoms with Gasteiger partial charge in [-0.2, -0.15) is 5.26 Å². The first-order valence-corrected chi connectivity index (χ1v) is 6.44. The molecule has 1 atom stereocenters. The molecular formula is C16H11F2NO2. The van der Waals surface area contributed by atoms with Crippen LogP contribution < -0.4 is 9.47 Å². The smallest absolute Gasteiger partial charge is 0.144 e. The van der Waals surface area contributed by atoms with Crippen molar-refractivity contribution in [1.29, 1.82) is 5.26 Å². The van der Waals surface area contributed by atoms with Crippen LogP contribution in [0.3, 0.4) is 0 Å². The van der Waals surface area contributed by atoms with Gasteiger partial charge in [-0.3, -0.25) is 0 Å². The van der Waals surface area contributed by atoms with Crippen LogP contribution in [0.4, 0.5) is 8.78 Å². The van der Waals surface area contributed by atoms with Crippen LogP contribution in [0.25, 0.3) is 0 Å². The minimum atomic E-state index is -0.618. The van der Waals surface area contributed by atoms with Crippen molar-refractivity contribution in [3.63, 3.8) is 0 Å². The van der Waals surface area contributed by atoms with Gasteiger partial charge >= 0.3 is 0 Å². The van der Waals surface area contributed by atoms with E-state index >= 15 is 0 Å². The fourth-order valence-electron chi connectivity index (χ4n) is 2.30. The number of fused-ring (bicyclic) bond motifs is 1. The molecule has 0 aromatic heterocycles. The summed E-state index contributed by atoms with van der Waals surface area (Å²) in [6, 6.07) is 10.3. The van der Waals surface area contributed by atoms with Crippen LogP contribution in [0.2, 0.25) is 0 Å². The van der Waals surface area contributed by atoms with Crippen molar-refractivity contribution in [2.45, 2.75) is 12.5 Å². The Bertz CT molecular complexity index is 725. The maximum atomic E-state index is 13.4. The Kier molecular flexibility index (Phi) is 3.44. The van der Waals surface area contributed by atoms with Crippen LogP contribution in [-0.4, -0.2) is 12.7 Å². The van der Waals surface area contributed by atoms with Crippen LogP contribution in [0.5, 0.6) is 11.5 Å². The number of nitrogens with zero attached hydrogens (tertiary/aromatic N) is 1. The van der Waals surface area contributed by atoms with Gasteiger partial charge in [0.05, 0.1) is 0 Å². The molecule has 5 heteroatoms. The van der Waals surface area contributed by atoms with Crippen molar-refractivity contribution in [3.8, 4) is 17.6 Å². The first kappa shape index (κ1) is 13.4. The topological polar surface area (TPSA) is 42.2 Å². The Labute approximate surface area is 120 Å². The SMILES string of the molecule is N#Cc1c(F)cccc1OCC1Cc2cc(F)ccc2O1. The monoisotopic (exact) mass is 287 g/mol. The maximum absolute atomic E-state index is 13.4. The number of nitriles is 1. The zero-order valence-electron chi connectivity index (χ0n) is 11.0. The lowest BCUT2D eigenvalue weighted by Gasteiger charge is -2.13. The molecule has 21 heavy (non-hydrogen) atoms. The number of halogens is 2. The number of benzene rings is 2. The van der Waals surface area contributed by atoms with Crippen molar-refractivity contribution in [3.05, 3.63) is 59.2 Å². The summed E-state index contributed by atoms with van der Waals surface area (Å²) >= 11 is 0. The highest BCUT2D eigenvalue weighted by atomic mass is 19.1. The molecule has 0 spiro atoms. The van der Waals surface area contributed by atoms with E-state index in [0.29, 0.717) is 12.2 Å². The van der Waals surface area contributed by atoms with Crippen molar-refractivity contribution in [2.75, 3.05) is 6.61 Å². The Morgan fingerprint density at radius 3 is 2.95 bits per heavy atom. The lowest BCUT2D eigenvalue weighted by atomic mass is 10.1. The average Bonchev–Trinajstić information content (AvgIpc) is 2.87. The van der Waals surface area contributed by atoms with Gasteiger partial charge < -0.3 is 9.47 Å². The van der Waals surface area contributed by atoms with E-state index in [9.17, 15) is 8.78 Å². The van der Waals surface area contributed by atoms with Crippen LogP contribution in [0.1, 0.15) is 11.1 Å². The van der Waals surface area contributed by atoms with Crippen LogP contribution in [-0.2, 0) is 6.42 Å². The Balaban J connectivity index is 1.68. The summed E-state index contributed by atoms with van der Waals surface area (Å²) in [5.74, 6) is -0.114. The summed E-state index contributed by atoms with van der Waals surface area (Å²) in [5, 5.41) is 8.92. The van der Waals surface area contributed by atoms with E-state index in [0.717, 1.165) is 5.56 Å². The van der Waals surface area contributed by atoms with E-state index in [-0.39, 0.29) is 29.8 Å². The normalized spacial score (nSPS) is 16.0. The quantitative estimate of drug-likeness (QED) is 0.870. The Morgan fingerprint density at radius 1 is 1.29 bits per heavy atom. The van der Waals surface area contributed by atoms with E-state index in [1.54, 1.807) is 12.1 Å². The molecule has 0 amide bonds. The number of hydrogen-bond acceptors (Lipinski definition) is 3. The summed E-state index contributed by atoms with van der Waals surface area (Å²) in [7, 11) is 0. The second-order valence-electron chi connectivity index (χ2n) is 4.73. The van der Waals surface area contributed by atoms with Crippen LogP contribution in [0.15, 0.2) is 36.4 Å². The molecule has 2 aromatic rings. The molecule has 0 N–H and O–H groups in total. The summed E-state index contributed by atoms with van der Waals surface area (Å²) in [5.41, 5.74) is 0.655. The number of ether oxygens (including phenoxy) is 2. The number of hydrogen-bond donors (Lipinski definition) is 0. The van der Waals surface area contributed by atoms with Crippen LogP contribution in [0, 0.1) is 23.0 Å². The first-order chi connectivity index (χ1) is 10.2. The fraction of sp³-hybridized carbons (Fsp3) is 0.188. The summed E-state index contributed by atoms with van der Waals surface area (Å²) < 4.78 is 37.6. The van der Waals surface area contributed by atoms with Gasteiger partial charge in [-0.15, -0.1) is 0 Å². The van der Waals surface area contributed by atoms with Gasteiger partial charge in [0.1, 0.15) is 47.5 Å². The lowest BCUT2D eigenvalue weighted by molar-refractivity contribution is 0.148. The zero-order valence-corrected chi connectivity index (χ0v) is 11.0. The van der Waals surface area contributed by atoms with E-state index in [4.69, 9.17) is 14.7 Å². The van der Waals surface area contributed by atoms with Gasteiger partial charge in [0.25, 0.3) is 0 Å². The van der Waals surface area contributed by atoms with Gasteiger partial charge in [0.15, 0.2) is 0 Å². The van der Waals surface area contributed by atoms with E-state index in [1.807, 2.05) is 0 Å². The van der Waals surface area contributed by atoms with Crippen molar-refractivity contribution in [2.24, 2.45) is 0 Å². The molecular weight excluding hydrogens is 276 g/mol. The van der Waals surface area contributed by atoms with Crippen molar-refractivity contribution < 1.29 is 18.3 Å². The van der Waals surface area contributed by atoms with Crippen molar-refractivity contribution in [1.82, 2.24) is 0 Å². The fourth-order valence-corrected chi connectivity index (χ4v) is 2.30. The molecule has 2 aromatic carbocycles. The Morgan fingerprint density at radius 2 is 2.14 bits per heavy atom. The third-order valence-electron chi connectivity index (χ3n) is 3.28. The second-order valence-corrected chi connectivity index (χ2v) is 4.73. The van der Waals surface area contributed by atoms with Gasteiger partial charge in [-0.05, 0) is 30.3 Å². The maximum Gasteiger partial charge on any atom is 0.144 e. The van der Waals surface area contributed by atoms with Crippen molar-refractivity contribution >= 4 is 0 Å². The zero-order chi connectivity index (χ0) is 14.8. The highest BCUT2D eigenvalue weighted by Gasteiger charge is 2.24. The standard InChI is InChI=1S/C16H11F2NO2/c17-11-4-5-15-10(6-11)7-12(21-15)9-20-16-3-1-2-14(18)13(16)8-19/h1-6,12H,7,9H2. The molecule has 0 aliphatic carbocycles.